The number of rotatable bonds is 3. The molecule has 0 fully saturated rings. The van der Waals surface area contributed by atoms with E-state index in [9.17, 15) is 0 Å². The van der Waals surface area contributed by atoms with Gasteiger partial charge < -0.3 is 11.1 Å². The van der Waals surface area contributed by atoms with Gasteiger partial charge in [0.25, 0.3) is 0 Å². The lowest BCUT2D eigenvalue weighted by molar-refractivity contribution is 0.880. The first-order valence-corrected chi connectivity index (χ1v) is 6.14. The molecule has 2 aromatic rings. The smallest absolute Gasteiger partial charge is 0.220 e. The normalized spacial score (nSPS) is 10.8. The molecule has 0 aromatic carbocycles. The summed E-state index contributed by atoms with van der Waals surface area (Å²) in [6.07, 6.45) is 3.40. The molecule has 6 nitrogen and oxygen atoms in total. The fourth-order valence-corrected chi connectivity index (χ4v) is 1.97. The van der Waals surface area contributed by atoms with Gasteiger partial charge in [-0.3, -0.25) is 0 Å². The topological polar surface area (TPSA) is 81.7 Å². The number of nitrogens with one attached hydrogen (secondary N) is 1. The predicted molar refractivity (Wildman–Crippen MR) is 75.8 cm³/mol. The lowest BCUT2D eigenvalue weighted by atomic mass is 10.2. The van der Waals surface area contributed by atoms with Crippen molar-refractivity contribution in [2.75, 3.05) is 11.1 Å². The Labute approximate surface area is 113 Å². The molecule has 17 heavy (non-hydrogen) atoms. The van der Waals surface area contributed by atoms with Crippen molar-refractivity contribution >= 4 is 34.6 Å². The summed E-state index contributed by atoms with van der Waals surface area (Å²) in [4.78, 5) is 8.07. The molecule has 0 spiro atoms. The third-order valence-electron chi connectivity index (χ3n) is 2.10. The maximum atomic E-state index is 5.58. The molecule has 0 amide bonds. The van der Waals surface area contributed by atoms with E-state index >= 15 is 0 Å². The first-order valence-electron chi connectivity index (χ1n) is 5.17. The highest BCUT2D eigenvalue weighted by molar-refractivity contribution is 14.1. The highest BCUT2D eigenvalue weighted by atomic mass is 127. The molecule has 2 heterocycles. The SMILES string of the molecule is CC(C)Nc1c(-c2ccnc(N)n2)cnn1I. The molecule has 2 aromatic heterocycles. The van der Waals surface area contributed by atoms with Crippen molar-refractivity contribution in [1.29, 1.82) is 0 Å². The van der Waals surface area contributed by atoms with Crippen molar-refractivity contribution in [2.45, 2.75) is 19.9 Å². The number of aromatic nitrogens is 4. The van der Waals surface area contributed by atoms with Gasteiger partial charge in [-0.1, -0.05) is 0 Å². The molecule has 0 aliphatic heterocycles. The second-order valence-electron chi connectivity index (χ2n) is 3.87. The largest absolute Gasteiger partial charge is 0.368 e. The zero-order valence-electron chi connectivity index (χ0n) is 9.55. The lowest BCUT2D eigenvalue weighted by Crippen LogP contribution is -2.12. The van der Waals surface area contributed by atoms with Gasteiger partial charge in [-0.2, -0.15) is 7.99 Å². The van der Waals surface area contributed by atoms with Crippen LogP contribution in [0.3, 0.4) is 0 Å². The van der Waals surface area contributed by atoms with Gasteiger partial charge in [0.05, 0.1) is 40.3 Å². The van der Waals surface area contributed by atoms with Crippen LogP contribution in [0.4, 0.5) is 11.8 Å². The van der Waals surface area contributed by atoms with Gasteiger partial charge >= 0.3 is 0 Å². The molecule has 0 aliphatic rings. The molecule has 0 saturated carbocycles. The quantitative estimate of drug-likeness (QED) is 0.832. The summed E-state index contributed by atoms with van der Waals surface area (Å²) in [7, 11) is 0. The van der Waals surface area contributed by atoms with Crippen molar-refractivity contribution in [3.05, 3.63) is 18.5 Å². The minimum atomic E-state index is 0.263. The first kappa shape index (κ1) is 12.1. The first-order chi connectivity index (χ1) is 8.08. The van der Waals surface area contributed by atoms with E-state index in [0.29, 0.717) is 6.04 Å². The van der Waals surface area contributed by atoms with E-state index in [2.05, 4.69) is 57.1 Å². The fourth-order valence-electron chi connectivity index (χ4n) is 1.44. The number of hydrogen-bond donors (Lipinski definition) is 2. The van der Waals surface area contributed by atoms with Gasteiger partial charge in [0.15, 0.2) is 0 Å². The molecule has 2 rings (SSSR count). The summed E-state index contributed by atoms with van der Waals surface area (Å²) in [5.74, 6) is 1.18. The van der Waals surface area contributed by atoms with Gasteiger partial charge in [0.2, 0.25) is 5.95 Å². The Balaban J connectivity index is 2.45. The summed E-state index contributed by atoms with van der Waals surface area (Å²) in [5.41, 5.74) is 7.27. The average Bonchev–Trinajstić information content (AvgIpc) is 2.60. The number of anilines is 2. The van der Waals surface area contributed by atoms with Gasteiger partial charge in [-0.15, -0.1) is 0 Å². The van der Waals surface area contributed by atoms with Crippen LogP contribution in [0.1, 0.15) is 13.8 Å². The summed E-state index contributed by atoms with van der Waals surface area (Å²) >= 11 is 2.12. The van der Waals surface area contributed by atoms with Crippen molar-refractivity contribution < 1.29 is 0 Å². The van der Waals surface area contributed by atoms with Crippen LogP contribution in [-0.4, -0.2) is 24.0 Å². The van der Waals surface area contributed by atoms with Crippen molar-refractivity contribution in [2.24, 2.45) is 0 Å². The van der Waals surface area contributed by atoms with Crippen LogP contribution in [0.25, 0.3) is 11.3 Å². The zero-order chi connectivity index (χ0) is 12.4. The van der Waals surface area contributed by atoms with Crippen LogP contribution in [0.15, 0.2) is 18.5 Å². The van der Waals surface area contributed by atoms with Crippen LogP contribution >= 0.6 is 22.9 Å². The van der Waals surface area contributed by atoms with E-state index in [1.54, 1.807) is 15.3 Å². The van der Waals surface area contributed by atoms with E-state index in [0.717, 1.165) is 17.1 Å². The van der Waals surface area contributed by atoms with Gasteiger partial charge in [0, 0.05) is 12.2 Å². The monoisotopic (exact) mass is 344 g/mol. The summed E-state index contributed by atoms with van der Waals surface area (Å²) in [5, 5.41) is 7.55. The number of halogens is 1. The van der Waals surface area contributed by atoms with Crippen LogP contribution in [-0.2, 0) is 0 Å². The van der Waals surface area contributed by atoms with Crippen molar-refractivity contribution in [3.63, 3.8) is 0 Å². The van der Waals surface area contributed by atoms with Crippen LogP contribution in [0.2, 0.25) is 0 Å². The van der Waals surface area contributed by atoms with Gasteiger partial charge in [-0.05, 0) is 19.9 Å². The molecule has 0 radical (unpaired) electrons. The maximum Gasteiger partial charge on any atom is 0.220 e. The molecule has 7 heteroatoms. The average molecular weight is 344 g/mol. The third kappa shape index (κ3) is 2.65. The molecule has 0 bridgehead atoms. The Morgan fingerprint density at radius 2 is 2.24 bits per heavy atom. The Morgan fingerprint density at radius 3 is 2.88 bits per heavy atom. The summed E-state index contributed by atoms with van der Waals surface area (Å²) in [6.45, 7) is 4.14. The number of nitrogens with two attached hydrogens (primary N) is 1. The van der Waals surface area contributed by atoms with Crippen LogP contribution in [0.5, 0.6) is 0 Å². The zero-order valence-corrected chi connectivity index (χ0v) is 11.7. The Morgan fingerprint density at radius 1 is 1.47 bits per heavy atom. The minimum Gasteiger partial charge on any atom is -0.368 e. The second-order valence-corrected chi connectivity index (χ2v) is 4.78. The maximum absolute atomic E-state index is 5.58. The van der Waals surface area contributed by atoms with Crippen molar-refractivity contribution in [1.82, 2.24) is 18.0 Å². The molecular formula is C10H13IN6. The predicted octanol–water partition coefficient (Wildman–Crippen LogP) is 1.94. The second kappa shape index (κ2) is 4.86. The van der Waals surface area contributed by atoms with Gasteiger partial charge in [0.1, 0.15) is 5.82 Å². The Kier molecular flexibility index (Phi) is 3.46. The number of hydrogen-bond acceptors (Lipinski definition) is 5. The summed E-state index contributed by atoms with van der Waals surface area (Å²) in [6, 6.07) is 2.13. The molecular weight excluding hydrogens is 331 g/mol. The van der Waals surface area contributed by atoms with Crippen LogP contribution < -0.4 is 11.1 Å². The summed E-state index contributed by atoms with van der Waals surface area (Å²) < 4.78 is 1.76. The molecule has 90 valence electrons. The van der Waals surface area contributed by atoms with Gasteiger partial charge in [-0.25, -0.2) is 9.97 Å². The van der Waals surface area contributed by atoms with E-state index in [1.807, 2.05) is 6.07 Å². The fraction of sp³-hybridized carbons (Fsp3) is 0.300. The molecule has 0 saturated heterocycles. The Hall–Kier alpha value is -1.38. The van der Waals surface area contributed by atoms with Crippen LogP contribution in [0, 0.1) is 0 Å². The van der Waals surface area contributed by atoms with Crippen molar-refractivity contribution in [3.8, 4) is 11.3 Å². The molecule has 0 unspecified atom stereocenters. The van der Waals surface area contributed by atoms with E-state index in [1.165, 1.54) is 0 Å². The minimum absolute atomic E-state index is 0.263. The number of nitrogens with zero attached hydrogens (tertiary/aromatic N) is 4. The van der Waals surface area contributed by atoms with E-state index in [-0.39, 0.29) is 5.95 Å². The highest BCUT2D eigenvalue weighted by Gasteiger charge is 2.13. The lowest BCUT2D eigenvalue weighted by Gasteiger charge is -2.11. The molecule has 3 N–H and O–H groups in total. The number of nitrogen functional groups attached to an aromatic ring is 1. The highest BCUT2D eigenvalue weighted by Crippen LogP contribution is 2.28. The third-order valence-corrected chi connectivity index (χ3v) is 2.83. The van der Waals surface area contributed by atoms with E-state index in [4.69, 9.17) is 5.73 Å². The van der Waals surface area contributed by atoms with E-state index < -0.39 is 0 Å². The molecule has 0 aliphatic carbocycles. The standard InChI is InChI=1S/C10H13IN6/c1-6(2)15-9-7(5-14-17(9)11)8-3-4-13-10(12)16-8/h3-6,15H,1-2H3,(H2,12,13,16). The Bertz CT molecular complexity index is 521. The molecule has 0 atom stereocenters.